The molecule has 3 aromatic rings. The zero-order valence-corrected chi connectivity index (χ0v) is 19.3. The van der Waals surface area contributed by atoms with Gasteiger partial charge in [0.05, 0.1) is 13.2 Å². The minimum atomic E-state index is 0.531. The van der Waals surface area contributed by atoms with Gasteiger partial charge in [-0.15, -0.1) is 10.2 Å². The Balaban J connectivity index is 1.54. The van der Waals surface area contributed by atoms with Crippen molar-refractivity contribution in [3.8, 4) is 5.75 Å². The smallest absolute Gasteiger partial charge is 0.191 e. The lowest BCUT2D eigenvalue weighted by molar-refractivity contribution is 0.110. The van der Waals surface area contributed by atoms with Crippen molar-refractivity contribution in [1.29, 1.82) is 0 Å². The highest BCUT2D eigenvalue weighted by molar-refractivity contribution is 5.79. The summed E-state index contributed by atoms with van der Waals surface area (Å²) >= 11 is 0. The summed E-state index contributed by atoms with van der Waals surface area (Å²) in [5.74, 6) is 2.63. The molecule has 0 saturated carbocycles. The Hall–Kier alpha value is -3.13. The molecule has 32 heavy (non-hydrogen) atoms. The molecule has 8 nitrogen and oxygen atoms in total. The fourth-order valence-electron chi connectivity index (χ4n) is 3.30. The number of nitrogens with zero attached hydrogens (tertiary/aromatic N) is 4. The molecule has 8 heteroatoms. The minimum Gasteiger partial charge on any atom is -0.491 e. The zero-order chi connectivity index (χ0) is 22.6. The lowest BCUT2D eigenvalue weighted by Crippen LogP contribution is -2.37. The molecule has 2 N–H and O–H groups in total. The second kappa shape index (κ2) is 12.7. The van der Waals surface area contributed by atoms with Crippen molar-refractivity contribution in [3.05, 3.63) is 59.5 Å². The number of benzene rings is 1. The van der Waals surface area contributed by atoms with Crippen molar-refractivity contribution in [3.63, 3.8) is 0 Å². The summed E-state index contributed by atoms with van der Waals surface area (Å²) < 4.78 is 13.3. The first-order valence-electron chi connectivity index (χ1n) is 11.3. The van der Waals surface area contributed by atoms with Gasteiger partial charge in [-0.05, 0) is 51.0 Å². The Morgan fingerprint density at radius 3 is 2.84 bits per heavy atom. The first-order valence-corrected chi connectivity index (χ1v) is 11.3. The van der Waals surface area contributed by atoms with Crippen molar-refractivity contribution >= 4 is 11.6 Å². The largest absolute Gasteiger partial charge is 0.491 e. The average molecular weight is 439 g/mol. The number of hydrogen-bond acceptors (Lipinski definition) is 5. The Morgan fingerprint density at radius 1 is 1.09 bits per heavy atom. The monoisotopic (exact) mass is 438 g/mol. The van der Waals surface area contributed by atoms with Gasteiger partial charge in [-0.25, -0.2) is 4.99 Å². The van der Waals surface area contributed by atoms with Crippen molar-refractivity contribution in [1.82, 2.24) is 25.2 Å². The molecule has 0 spiro atoms. The van der Waals surface area contributed by atoms with Crippen molar-refractivity contribution in [2.75, 3.05) is 32.9 Å². The number of aryl methyl sites for hydroxylation is 2. The molecule has 0 atom stereocenters. The number of pyridine rings is 1. The number of hydrogen-bond donors (Lipinski definition) is 2. The highest BCUT2D eigenvalue weighted by Gasteiger charge is 2.07. The average Bonchev–Trinajstić information content (AvgIpc) is 3.22. The number of guanidine groups is 1. The molecular formula is C24H34N6O2. The second-order valence-corrected chi connectivity index (χ2v) is 7.43. The summed E-state index contributed by atoms with van der Waals surface area (Å²) in [6.45, 7) is 10.0. The summed E-state index contributed by atoms with van der Waals surface area (Å²) in [4.78, 5) is 4.75. The van der Waals surface area contributed by atoms with E-state index in [1.807, 2.05) is 35.7 Å². The first-order chi connectivity index (χ1) is 15.7. The SMILES string of the molecule is CCNC(=NCc1ccc(C)cc1OCCOCC)NCCCc1nnc2ccccn12. The second-order valence-electron chi connectivity index (χ2n) is 7.43. The lowest BCUT2D eigenvalue weighted by atomic mass is 10.1. The molecule has 0 aliphatic heterocycles. The van der Waals surface area contributed by atoms with Crippen LogP contribution in [0.5, 0.6) is 5.75 Å². The van der Waals surface area contributed by atoms with Crippen LogP contribution in [0, 0.1) is 6.92 Å². The summed E-state index contributed by atoms with van der Waals surface area (Å²) in [7, 11) is 0. The maximum absolute atomic E-state index is 5.94. The van der Waals surface area contributed by atoms with Crippen LogP contribution in [0.1, 0.15) is 37.2 Å². The van der Waals surface area contributed by atoms with Gasteiger partial charge in [0, 0.05) is 37.9 Å². The van der Waals surface area contributed by atoms with Crippen LogP contribution in [0.4, 0.5) is 0 Å². The Labute approximate surface area is 190 Å². The van der Waals surface area contributed by atoms with E-state index in [-0.39, 0.29) is 0 Å². The molecule has 2 aromatic heterocycles. The van der Waals surface area contributed by atoms with Crippen molar-refractivity contribution in [2.45, 2.75) is 40.2 Å². The van der Waals surface area contributed by atoms with Crippen LogP contribution >= 0.6 is 0 Å². The number of ether oxygens (including phenoxy) is 2. The van der Waals surface area contributed by atoms with E-state index in [0.29, 0.717) is 26.4 Å². The minimum absolute atomic E-state index is 0.531. The van der Waals surface area contributed by atoms with Crippen LogP contribution in [0.15, 0.2) is 47.6 Å². The van der Waals surface area contributed by atoms with Gasteiger partial charge in [-0.3, -0.25) is 4.40 Å². The van der Waals surface area contributed by atoms with Gasteiger partial charge in [-0.2, -0.15) is 0 Å². The summed E-state index contributed by atoms with van der Waals surface area (Å²) in [5, 5.41) is 15.2. The van der Waals surface area contributed by atoms with Crippen molar-refractivity contribution in [2.24, 2.45) is 4.99 Å². The Kier molecular flexibility index (Phi) is 9.31. The molecule has 0 saturated heterocycles. The van der Waals surface area contributed by atoms with E-state index in [4.69, 9.17) is 14.5 Å². The summed E-state index contributed by atoms with van der Waals surface area (Å²) in [6, 6.07) is 12.1. The highest BCUT2D eigenvalue weighted by Crippen LogP contribution is 2.21. The van der Waals surface area contributed by atoms with Crippen molar-refractivity contribution < 1.29 is 9.47 Å². The first kappa shape index (κ1) is 23.5. The molecule has 0 bridgehead atoms. The van der Waals surface area contributed by atoms with Crippen LogP contribution in [0.3, 0.4) is 0 Å². The fraction of sp³-hybridized carbons (Fsp3) is 0.458. The van der Waals surface area contributed by atoms with Crippen LogP contribution in [-0.2, 0) is 17.7 Å². The van der Waals surface area contributed by atoms with E-state index in [0.717, 1.165) is 60.2 Å². The van der Waals surface area contributed by atoms with Gasteiger partial charge in [0.25, 0.3) is 0 Å². The van der Waals surface area contributed by atoms with Crippen LogP contribution < -0.4 is 15.4 Å². The molecule has 1 aromatic carbocycles. The maximum Gasteiger partial charge on any atom is 0.191 e. The third-order valence-electron chi connectivity index (χ3n) is 4.92. The Bertz CT molecular complexity index is 1000. The summed E-state index contributed by atoms with van der Waals surface area (Å²) in [6.07, 6.45) is 3.77. The molecule has 3 rings (SSSR count). The third-order valence-corrected chi connectivity index (χ3v) is 4.92. The molecule has 0 aliphatic rings. The fourth-order valence-corrected chi connectivity index (χ4v) is 3.30. The lowest BCUT2D eigenvalue weighted by Gasteiger charge is -2.13. The maximum atomic E-state index is 5.94. The van der Waals surface area contributed by atoms with Crippen LogP contribution in [0.2, 0.25) is 0 Å². The quantitative estimate of drug-likeness (QED) is 0.257. The van der Waals surface area contributed by atoms with E-state index in [9.17, 15) is 0 Å². The van der Waals surface area contributed by atoms with Gasteiger partial charge in [0.1, 0.15) is 18.2 Å². The van der Waals surface area contributed by atoms with Gasteiger partial charge >= 0.3 is 0 Å². The van der Waals surface area contributed by atoms with E-state index < -0.39 is 0 Å². The number of aliphatic imine (C=N–C) groups is 1. The molecule has 172 valence electrons. The standard InChI is InChI=1S/C24H34N6O2/c1-4-25-24(26-13-8-10-23-29-28-22-9-6-7-14-30(22)23)27-18-20-12-11-19(3)17-21(20)32-16-15-31-5-2/h6-7,9,11-12,14,17H,4-5,8,10,13,15-16,18H2,1-3H3,(H2,25,26,27). The topological polar surface area (TPSA) is 85.1 Å². The predicted octanol–water partition coefficient (Wildman–Crippen LogP) is 3.14. The molecule has 2 heterocycles. The molecule has 0 fully saturated rings. The van der Waals surface area contributed by atoms with E-state index >= 15 is 0 Å². The van der Waals surface area contributed by atoms with Crippen LogP contribution in [0.25, 0.3) is 5.65 Å². The highest BCUT2D eigenvalue weighted by atomic mass is 16.5. The summed E-state index contributed by atoms with van der Waals surface area (Å²) in [5.41, 5.74) is 3.09. The number of fused-ring (bicyclic) bond motifs is 1. The molecule has 0 amide bonds. The third kappa shape index (κ3) is 6.95. The predicted molar refractivity (Wildman–Crippen MR) is 127 cm³/mol. The van der Waals surface area contributed by atoms with Gasteiger partial charge < -0.3 is 20.1 Å². The number of rotatable bonds is 12. The van der Waals surface area contributed by atoms with E-state index in [2.05, 4.69) is 52.9 Å². The molecular weight excluding hydrogens is 404 g/mol. The number of nitrogens with one attached hydrogen (secondary N) is 2. The number of aromatic nitrogens is 3. The molecule has 0 radical (unpaired) electrons. The van der Waals surface area contributed by atoms with Crippen LogP contribution in [-0.4, -0.2) is 53.5 Å². The van der Waals surface area contributed by atoms with Gasteiger partial charge in [-0.1, -0.05) is 18.2 Å². The van der Waals surface area contributed by atoms with E-state index in [1.54, 1.807) is 0 Å². The normalized spacial score (nSPS) is 11.7. The molecule has 0 aliphatic carbocycles. The Morgan fingerprint density at radius 2 is 2.00 bits per heavy atom. The zero-order valence-electron chi connectivity index (χ0n) is 19.3. The van der Waals surface area contributed by atoms with E-state index in [1.165, 1.54) is 0 Å². The van der Waals surface area contributed by atoms with Gasteiger partial charge in [0.15, 0.2) is 11.6 Å². The molecule has 0 unspecified atom stereocenters. The van der Waals surface area contributed by atoms with Gasteiger partial charge in [0.2, 0.25) is 0 Å².